The molecule has 0 radical (unpaired) electrons. The van der Waals surface area contributed by atoms with Gasteiger partial charge in [-0.3, -0.25) is 6.08 Å². The zero-order chi connectivity index (χ0) is 32.4. The fourth-order valence-corrected chi connectivity index (χ4v) is 8.29. The Balaban J connectivity index is 0.000000183. The monoisotopic (exact) mass is 820 g/mol. The molecule has 0 saturated carbocycles. The predicted molar refractivity (Wildman–Crippen MR) is 196 cm³/mol. The Hall–Kier alpha value is -2.19. The second-order valence-corrected chi connectivity index (χ2v) is 14.1. The molecule has 7 heteroatoms. The molecule has 0 heterocycles. The van der Waals surface area contributed by atoms with E-state index in [0.29, 0.717) is 20.1 Å². The number of hydrogen-bond acceptors (Lipinski definition) is 0. The summed E-state index contributed by atoms with van der Waals surface area (Å²) in [4.78, 5) is 0. The average Bonchev–Trinajstić information content (AvgIpc) is 3.77. The molecule has 0 nitrogen and oxygen atoms in total. The summed E-state index contributed by atoms with van der Waals surface area (Å²) in [7, 11) is 0. The van der Waals surface area contributed by atoms with Gasteiger partial charge in [0.2, 0.25) is 0 Å². The van der Waals surface area contributed by atoms with E-state index in [9.17, 15) is 0 Å². The van der Waals surface area contributed by atoms with Crippen LogP contribution in [0.3, 0.4) is 0 Å². The van der Waals surface area contributed by atoms with Crippen molar-refractivity contribution in [3.05, 3.63) is 175 Å². The van der Waals surface area contributed by atoms with Gasteiger partial charge in [0.05, 0.1) is 0 Å². The van der Waals surface area contributed by atoms with Crippen LogP contribution in [0.25, 0.3) is 32.7 Å². The van der Waals surface area contributed by atoms with E-state index in [0.717, 1.165) is 38.3 Å². The van der Waals surface area contributed by atoms with E-state index in [1.54, 1.807) is 12.1 Å². The summed E-state index contributed by atoms with van der Waals surface area (Å²) in [6.07, 6.45) is 11.0. The van der Waals surface area contributed by atoms with Gasteiger partial charge in [0, 0.05) is 0 Å². The first kappa shape index (κ1) is 38.6. The Labute approximate surface area is 329 Å². The number of hydrogen-bond donors (Lipinski definition) is 0. The molecule has 0 amide bonds. The summed E-state index contributed by atoms with van der Waals surface area (Å²) in [6.45, 7) is 3.97. The van der Waals surface area contributed by atoms with Crippen LogP contribution in [0, 0.1) is 26.0 Å². The van der Waals surface area contributed by atoms with Crippen LogP contribution in [0.2, 0.25) is 20.1 Å². The number of allylic oxidation sites excluding steroid dienone is 4. The largest absolute Gasteiger partial charge is 1.00 e. The molecule has 2 aliphatic rings. The van der Waals surface area contributed by atoms with Crippen LogP contribution in [-0.2, 0) is 30.7 Å². The molecule has 8 rings (SSSR count). The first-order valence-corrected chi connectivity index (χ1v) is 17.6. The van der Waals surface area contributed by atoms with Crippen molar-refractivity contribution < 1.29 is 49.0 Å². The van der Waals surface area contributed by atoms with Gasteiger partial charge in [0.15, 0.2) is 0 Å². The van der Waals surface area contributed by atoms with E-state index >= 15 is 0 Å². The van der Waals surface area contributed by atoms with Gasteiger partial charge in [0.25, 0.3) is 0 Å². The Morgan fingerprint density at radius 2 is 1.29 bits per heavy atom. The summed E-state index contributed by atoms with van der Waals surface area (Å²) < 4.78 is 1.14. The maximum absolute atomic E-state index is 6.21. The molecule has 0 atom stereocenters. The maximum atomic E-state index is 6.21. The fourth-order valence-electron chi connectivity index (χ4n) is 6.02. The zero-order valence-electron chi connectivity index (χ0n) is 26.1. The van der Waals surface area contributed by atoms with Crippen molar-refractivity contribution in [2.45, 2.75) is 26.7 Å². The molecule has 0 spiro atoms. The van der Waals surface area contributed by atoms with Gasteiger partial charge < -0.3 is 24.8 Å². The molecule has 0 saturated heterocycles. The zero-order valence-corrected chi connectivity index (χ0v) is 33.1. The van der Waals surface area contributed by atoms with Gasteiger partial charge in [-0.15, -0.1) is 47.0 Å². The molecule has 0 fully saturated rings. The van der Waals surface area contributed by atoms with Crippen LogP contribution in [0.1, 0.15) is 39.8 Å². The fraction of sp³-hybridized carbons (Fsp3) is 0.0976. The molecule has 6 aromatic rings. The molecule has 6 aromatic carbocycles. The molecule has 48 heavy (non-hydrogen) atoms. The standard InChI is InChI=1S/C21H13.C15H10Cl4.C5H5.2ClH.Zr/c1-2-8-15-14(7-1)13-20-18-11-4-3-9-16(18)17-10-5-6-12-19(17)21(15)20;1-8-10(4-12(16)6-14(8)18)3-11-5-13(17)7-15(19)9(11)2;1-2-4-5-3-1;;;/h1-10,12H,13H2;4-7H,1-2H3;1-3H,4H2;2*1H;/q-1;;-1;;;+2/p-2. The smallest absolute Gasteiger partial charge is 0.0240 e. The molecule has 2 aliphatic carbocycles. The minimum atomic E-state index is 0. The Kier molecular flexibility index (Phi) is 13.8. The van der Waals surface area contributed by atoms with E-state index in [1.165, 1.54) is 68.0 Å². The number of halogens is 6. The summed E-state index contributed by atoms with van der Waals surface area (Å²) >= 11 is 25.9. The number of rotatable bonds is 2. The second kappa shape index (κ2) is 17.2. The summed E-state index contributed by atoms with van der Waals surface area (Å²) in [6, 6.07) is 34.7. The minimum absolute atomic E-state index is 0. The third-order valence-electron chi connectivity index (χ3n) is 8.34. The molecule has 0 aromatic heterocycles. The Morgan fingerprint density at radius 1 is 0.708 bits per heavy atom. The Bertz CT molecular complexity index is 2130. The van der Waals surface area contributed by atoms with Crippen LogP contribution in [0.15, 0.2) is 109 Å². The first-order valence-electron chi connectivity index (χ1n) is 14.9. The van der Waals surface area contributed by atoms with Gasteiger partial charge >= 0.3 is 154 Å². The van der Waals surface area contributed by atoms with Gasteiger partial charge in [-0.05, 0) is 28.5 Å². The predicted octanol–water partition coefficient (Wildman–Crippen LogP) is 6.71. The van der Waals surface area contributed by atoms with Crippen molar-refractivity contribution in [3.8, 4) is 11.1 Å². The van der Waals surface area contributed by atoms with E-state index in [-0.39, 0.29) is 24.8 Å². The summed E-state index contributed by atoms with van der Waals surface area (Å²) in [5.74, 6) is 0. The van der Waals surface area contributed by atoms with E-state index in [2.05, 4.69) is 78.9 Å². The quantitative estimate of drug-likeness (QED) is 0.135. The van der Waals surface area contributed by atoms with E-state index in [4.69, 9.17) is 46.4 Å². The van der Waals surface area contributed by atoms with Crippen LogP contribution in [0.4, 0.5) is 0 Å². The molecular formula is C41H28Cl6Zr-2. The van der Waals surface area contributed by atoms with Crippen LogP contribution in [-0.4, -0.2) is 3.21 Å². The molecule has 0 bridgehead atoms. The molecular weight excluding hydrogens is 796 g/mol. The van der Waals surface area contributed by atoms with Crippen LogP contribution >= 0.6 is 46.4 Å². The Morgan fingerprint density at radius 3 is 1.88 bits per heavy atom. The van der Waals surface area contributed by atoms with Crippen molar-refractivity contribution in [2.24, 2.45) is 0 Å². The number of benzene rings is 6. The van der Waals surface area contributed by atoms with Crippen LogP contribution < -0.4 is 24.8 Å². The third kappa shape index (κ3) is 8.06. The van der Waals surface area contributed by atoms with E-state index in [1.807, 2.05) is 44.2 Å². The molecule has 0 N–H and O–H groups in total. The van der Waals surface area contributed by atoms with Crippen molar-refractivity contribution >= 4 is 71.2 Å². The minimum Gasteiger partial charge on any atom is -1.00 e. The van der Waals surface area contributed by atoms with Crippen molar-refractivity contribution in [3.63, 3.8) is 0 Å². The number of fused-ring (bicyclic) bond motifs is 8. The SMILES string of the molecule is Cc1c(Cl)cc(Cl)cc1[C](=[Zr+2])c1cc(Cl)cc(Cl)c1C.[C-]1=CC=CC1.[Cl-].[Cl-].[c-]1cccc2c1c1c(c3ccccc32)-c2ccccc2C1. The molecule has 0 unspecified atom stereocenters. The summed E-state index contributed by atoms with van der Waals surface area (Å²) in [5, 5.41) is 7.88. The van der Waals surface area contributed by atoms with Gasteiger partial charge in [-0.2, -0.15) is 6.08 Å². The van der Waals surface area contributed by atoms with Gasteiger partial charge in [0.1, 0.15) is 0 Å². The van der Waals surface area contributed by atoms with Crippen molar-refractivity contribution in [1.29, 1.82) is 0 Å². The van der Waals surface area contributed by atoms with Crippen molar-refractivity contribution in [1.82, 2.24) is 0 Å². The topological polar surface area (TPSA) is 0 Å². The third-order valence-corrected chi connectivity index (χ3v) is 10.9. The first-order chi connectivity index (χ1) is 22.2. The van der Waals surface area contributed by atoms with Crippen LogP contribution in [0.5, 0.6) is 0 Å². The van der Waals surface area contributed by atoms with E-state index < -0.39 is 0 Å². The second-order valence-electron chi connectivity index (χ2n) is 11.2. The average molecular weight is 825 g/mol. The maximum Gasteiger partial charge on any atom is -0.0240 e. The van der Waals surface area contributed by atoms with Gasteiger partial charge in [-0.25, -0.2) is 12.2 Å². The van der Waals surface area contributed by atoms with Crippen molar-refractivity contribution in [2.75, 3.05) is 0 Å². The molecule has 0 aliphatic heterocycles. The molecule has 240 valence electrons. The summed E-state index contributed by atoms with van der Waals surface area (Å²) in [5.41, 5.74) is 9.79. The normalized spacial score (nSPS) is 11.8. The van der Waals surface area contributed by atoms with Gasteiger partial charge in [-0.1, -0.05) is 53.9 Å².